The van der Waals surface area contributed by atoms with Crippen LogP contribution in [0.2, 0.25) is 5.02 Å². The van der Waals surface area contributed by atoms with Crippen LogP contribution in [0, 0.1) is 0 Å². The normalized spacial score (nSPS) is 11.4. The van der Waals surface area contributed by atoms with E-state index in [0.29, 0.717) is 22.2 Å². The lowest BCUT2D eigenvalue weighted by atomic mass is 10.0. The Kier molecular flexibility index (Phi) is 5.97. The van der Waals surface area contributed by atoms with Gasteiger partial charge in [0, 0.05) is 16.3 Å². The number of carbonyl (C=O) groups is 1. The van der Waals surface area contributed by atoms with Gasteiger partial charge in [-0.25, -0.2) is 0 Å². The standard InChI is InChI=1S/C18H17ClN4O3S2/c1-11(2)12-5-9-15(10-6-12)23-28(25,26)18-22-21-17(27-18)20-16(24)13-3-7-14(19)8-4-13/h3-11,23H,1-2H3,(H,20,21,24). The first-order chi connectivity index (χ1) is 13.2. The highest BCUT2D eigenvalue weighted by Crippen LogP contribution is 2.24. The number of nitrogens with zero attached hydrogens (tertiary/aromatic N) is 2. The summed E-state index contributed by atoms with van der Waals surface area (Å²) in [5.41, 5.74) is 1.89. The van der Waals surface area contributed by atoms with Gasteiger partial charge in [-0.2, -0.15) is 8.42 Å². The number of halogens is 1. The van der Waals surface area contributed by atoms with Crippen LogP contribution in [0.3, 0.4) is 0 Å². The second kappa shape index (κ2) is 8.26. The van der Waals surface area contributed by atoms with Crippen LogP contribution in [-0.2, 0) is 10.0 Å². The van der Waals surface area contributed by atoms with Gasteiger partial charge < -0.3 is 0 Å². The van der Waals surface area contributed by atoms with Gasteiger partial charge in [-0.05, 0) is 47.9 Å². The molecule has 0 aliphatic heterocycles. The van der Waals surface area contributed by atoms with E-state index in [4.69, 9.17) is 11.6 Å². The minimum atomic E-state index is -3.91. The van der Waals surface area contributed by atoms with E-state index in [1.165, 1.54) is 0 Å². The van der Waals surface area contributed by atoms with Crippen LogP contribution in [-0.4, -0.2) is 24.5 Å². The van der Waals surface area contributed by atoms with E-state index < -0.39 is 15.9 Å². The number of rotatable bonds is 6. The number of anilines is 2. The number of hydrogen-bond acceptors (Lipinski definition) is 6. The fourth-order valence-electron chi connectivity index (χ4n) is 2.27. The molecular weight excluding hydrogens is 420 g/mol. The third kappa shape index (κ3) is 4.86. The van der Waals surface area contributed by atoms with Crippen molar-refractivity contribution in [1.82, 2.24) is 10.2 Å². The van der Waals surface area contributed by atoms with E-state index in [1.807, 2.05) is 12.1 Å². The second-order valence-corrected chi connectivity index (χ2v) is 9.49. The Hall–Kier alpha value is -2.49. The molecule has 0 aliphatic carbocycles. The van der Waals surface area contributed by atoms with Gasteiger partial charge in [-0.15, -0.1) is 10.2 Å². The van der Waals surface area contributed by atoms with Crippen LogP contribution in [0.4, 0.5) is 10.8 Å². The number of carbonyl (C=O) groups excluding carboxylic acids is 1. The number of hydrogen-bond donors (Lipinski definition) is 2. The zero-order chi connectivity index (χ0) is 20.3. The molecule has 146 valence electrons. The Bertz CT molecular complexity index is 1080. The maximum Gasteiger partial charge on any atom is 0.291 e. The molecule has 0 aliphatic rings. The topological polar surface area (TPSA) is 101 Å². The van der Waals surface area contributed by atoms with Crippen molar-refractivity contribution >= 4 is 49.7 Å². The Morgan fingerprint density at radius 3 is 2.29 bits per heavy atom. The van der Waals surface area contributed by atoms with E-state index in [2.05, 4.69) is 34.1 Å². The van der Waals surface area contributed by atoms with Crippen molar-refractivity contribution in [1.29, 1.82) is 0 Å². The largest absolute Gasteiger partial charge is 0.296 e. The molecule has 10 heteroatoms. The van der Waals surface area contributed by atoms with Gasteiger partial charge in [0.25, 0.3) is 20.3 Å². The van der Waals surface area contributed by atoms with Crippen molar-refractivity contribution in [2.45, 2.75) is 24.1 Å². The molecule has 0 bridgehead atoms. The molecule has 1 heterocycles. The highest BCUT2D eigenvalue weighted by Gasteiger charge is 2.21. The van der Waals surface area contributed by atoms with Gasteiger partial charge in [-0.1, -0.05) is 48.9 Å². The first kappa shape index (κ1) is 20.2. The van der Waals surface area contributed by atoms with Gasteiger partial charge in [0.2, 0.25) is 5.13 Å². The molecule has 7 nitrogen and oxygen atoms in total. The highest BCUT2D eigenvalue weighted by atomic mass is 35.5. The van der Waals surface area contributed by atoms with Crippen LogP contribution in [0.15, 0.2) is 52.9 Å². The molecule has 0 spiro atoms. The van der Waals surface area contributed by atoms with Gasteiger partial charge in [0.1, 0.15) is 0 Å². The molecule has 28 heavy (non-hydrogen) atoms. The van der Waals surface area contributed by atoms with Crippen LogP contribution in [0.1, 0.15) is 35.7 Å². The molecule has 3 aromatic rings. The summed E-state index contributed by atoms with van der Waals surface area (Å²) >= 11 is 6.56. The summed E-state index contributed by atoms with van der Waals surface area (Å²) in [6, 6.07) is 13.4. The number of benzene rings is 2. The Balaban J connectivity index is 1.71. The lowest BCUT2D eigenvalue weighted by molar-refractivity contribution is 0.102. The SMILES string of the molecule is CC(C)c1ccc(NS(=O)(=O)c2nnc(NC(=O)c3ccc(Cl)cc3)s2)cc1. The van der Waals surface area contributed by atoms with Crippen LogP contribution >= 0.6 is 22.9 Å². The van der Waals surface area contributed by atoms with E-state index in [1.54, 1.807) is 36.4 Å². The summed E-state index contributed by atoms with van der Waals surface area (Å²) in [6.07, 6.45) is 0. The molecule has 0 fully saturated rings. The molecular formula is C18H17ClN4O3S2. The minimum Gasteiger partial charge on any atom is -0.296 e. The average Bonchev–Trinajstić information content (AvgIpc) is 3.12. The summed E-state index contributed by atoms with van der Waals surface area (Å²) in [6.45, 7) is 4.11. The molecule has 0 atom stereocenters. The number of aromatic nitrogens is 2. The van der Waals surface area contributed by atoms with Crippen molar-refractivity contribution in [3.8, 4) is 0 Å². The van der Waals surface area contributed by atoms with Crippen LogP contribution < -0.4 is 10.0 Å². The summed E-state index contributed by atoms with van der Waals surface area (Å²) in [5.74, 6) is -0.0883. The fraction of sp³-hybridized carbons (Fsp3) is 0.167. The third-order valence-electron chi connectivity index (χ3n) is 3.79. The predicted octanol–water partition coefficient (Wildman–Crippen LogP) is 4.37. The molecule has 3 rings (SSSR count). The van der Waals surface area contributed by atoms with Gasteiger partial charge in [0.15, 0.2) is 0 Å². The smallest absolute Gasteiger partial charge is 0.291 e. The molecule has 1 amide bonds. The van der Waals surface area contributed by atoms with E-state index in [-0.39, 0.29) is 9.47 Å². The zero-order valence-electron chi connectivity index (χ0n) is 15.0. The van der Waals surface area contributed by atoms with Gasteiger partial charge in [-0.3, -0.25) is 14.8 Å². The lowest BCUT2D eigenvalue weighted by Gasteiger charge is -2.08. The van der Waals surface area contributed by atoms with Gasteiger partial charge in [0.05, 0.1) is 0 Å². The quantitative estimate of drug-likeness (QED) is 0.559. The molecule has 1 aromatic heterocycles. The van der Waals surface area contributed by atoms with Gasteiger partial charge >= 0.3 is 0 Å². The first-order valence-electron chi connectivity index (χ1n) is 8.28. The number of amides is 1. The number of sulfonamides is 1. The second-order valence-electron chi connectivity index (χ2n) is 6.22. The molecule has 0 saturated carbocycles. The molecule has 2 aromatic carbocycles. The predicted molar refractivity (Wildman–Crippen MR) is 111 cm³/mol. The van der Waals surface area contributed by atoms with E-state index in [0.717, 1.165) is 16.9 Å². The Morgan fingerprint density at radius 2 is 1.68 bits per heavy atom. The van der Waals surface area contributed by atoms with Crippen LogP contribution in [0.5, 0.6) is 0 Å². The van der Waals surface area contributed by atoms with E-state index >= 15 is 0 Å². The summed E-state index contributed by atoms with van der Waals surface area (Å²) in [4.78, 5) is 12.2. The molecule has 0 saturated heterocycles. The highest BCUT2D eigenvalue weighted by molar-refractivity contribution is 7.94. The average molecular weight is 437 g/mol. The molecule has 2 N–H and O–H groups in total. The molecule has 0 radical (unpaired) electrons. The Morgan fingerprint density at radius 1 is 1.04 bits per heavy atom. The van der Waals surface area contributed by atoms with Crippen LogP contribution in [0.25, 0.3) is 0 Å². The summed E-state index contributed by atoms with van der Waals surface area (Å²) in [5, 5.41) is 10.5. The lowest BCUT2D eigenvalue weighted by Crippen LogP contribution is -2.12. The zero-order valence-corrected chi connectivity index (χ0v) is 17.4. The third-order valence-corrected chi connectivity index (χ3v) is 6.63. The Labute approximate surface area is 171 Å². The number of nitrogens with one attached hydrogen (secondary N) is 2. The monoisotopic (exact) mass is 436 g/mol. The van der Waals surface area contributed by atoms with Crippen molar-refractivity contribution in [3.05, 3.63) is 64.7 Å². The summed E-state index contributed by atoms with van der Waals surface area (Å²) in [7, 11) is -3.91. The summed E-state index contributed by atoms with van der Waals surface area (Å²) < 4.78 is 27.2. The van der Waals surface area contributed by atoms with E-state index in [9.17, 15) is 13.2 Å². The fourth-order valence-corrected chi connectivity index (χ4v) is 4.36. The van der Waals surface area contributed by atoms with Crippen molar-refractivity contribution in [2.24, 2.45) is 0 Å². The van der Waals surface area contributed by atoms with Crippen molar-refractivity contribution in [2.75, 3.05) is 10.0 Å². The minimum absolute atomic E-state index is 0.0791. The van der Waals surface area contributed by atoms with Crippen molar-refractivity contribution in [3.63, 3.8) is 0 Å². The maximum atomic E-state index is 12.5. The molecule has 0 unspecified atom stereocenters. The maximum absolute atomic E-state index is 12.5. The van der Waals surface area contributed by atoms with Crippen molar-refractivity contribution < 1.29 is 13.2 Å². The first-order valence-corrected chi connectivity index (χ1v) is 11.0.